The van der Waals surface area contributed by atoms with E-state index in [2.05, 4.69) is 41.1 Å². The number of hydrogen-bond donors (Lipinski definition) is 1. The summed E-state index contributed by atoms with van der Waals surface area (Å²) in [5.74, 6) is -0.207. The second-order valence-corrected chi connectivity index (χ2v) is 7.62. The van der Waals surface area contributed by atoms with Crippen molar-refractivity contribution >= 4 is 16.9 Å². The Morgan fingerprint density at radius 1 is 1.35 bits per heavy atom. The van der Waals surface area contributed by atoms with Crippen molar-refractivity contribution in [1.82, 2.24) is 9.88 Å². The van der Waals surface area contributed by atoms with Gasteiger partial charge in [0.2, 0.25) is 0 Å². The molecular weight excluding hydrogens is 328 g/mol. The second kappa shape index (κ2) is 5.69. The number of para-hydroxylation sites is 1. The van der Waals surface area contributed by atoms with Crippen molar-refractivity contribution in [3.8, 4) is 0 Å². The van der Waals surface area contributed by atoms with Gasteiger partial charge in [-0.1, -0.05) is 24.3 Å². The Bertz CT molecular complexity index is 915. The van der Waals surface area contributed by atoms with Gasteiger partial charge in [-0.05, 0) is 37.0 Å². The molecule has 0 unspecified atom stereocenters. The molecule has 1 N–H and O–H groups in total. The number of fused-ring (bicyclic) bond motifs is 4. The zero-order valence-corrected chi connectivity index (χ0v) is 15.2. The first kappa shape index (κ1) is 16.1. The van der Waals surface area contributed by atoms with Gasteiger partial charge in [0.15, 0.2) is 5.41 Å². The number of aromatic amines is 1. The van der Waals surface area contributed by atoms with E-state index in [1.165, 1.54) is 23.6 Å². The van der Waals surface area contributed by atoms with Crippen molar-refractivity contribution in [1.29, 1.82) is 0 Å². The molecule has 3 aliphatic rings. The van der Waals surface area contributed by atoms with Crippen LogP contribution < -0.4 is 0 Å². The van der Waals surface area contributed by atoms with Crippen molar-refractivity contribution in [2.24, 2.45) is 0 Å². The number of esters is 1. The summed E-state index contributed by atoms with van der Waals surface area (Å²) in [6.07, 6.45) is 4.24. The highest BCUT2D eigenvalue weighted by Crippen LogP contribution is 2.47. The number of carbonyl (C=O) groups is 1. The molecule has 5 nitrogen and oxygen atoms in total. The van der Waals surface area contributed by atoms with E-state index in [0.717, 1.165) is 37.1 Å². The summed E-state index contributed by atoms with van der Waals surface area (Å²) in [4.78, 5) is 19.3. The number of ether oxygens (including phenoxy) is 2. The summed E-state index contributed by atoms with van der Waals surface area (Å²) in [6.45, 7) is 4.36. The summed E-state index contributed by atoms with van der Waals surface area (Å²) in [6, 6.07) is 8.31. The topological polar surface area (TPSA) is 54.6 Å². The van der Waals surface area contributed by atoms with E-state index < -0.39 is 5.41 Å². The Hall–Kier alpha value is -2.11. The summed E-state index contributed by atoms with van der Waals surface area (Å²) in [5, 5.41) is 1.20. The zero-order valence-electron chi connectivity index (χ0n) is 15.2. The second-order valence-electron chi connectivity index (χ2n) is 7.62. The Kier molecular flexibility index (Phi) is 3.52. The largest absolute Gasteiger partial charge is 0.468 e. The lowest BCUT2D eigenvalue weighted by Crippen LogP contribution is -2.63. The molecule has 1 aromatic heterocycles. The molecule has 3 atom stereocenters. The molecule has 26 heavy (non-hydrogen) atoms. The fourth-order valence-electron chi connectivity index (χ4n) is 5.27. The van der Waals surface area contributed by atoms with Gasteiger partial charge in [0.25, 0.3) is 0 Å². The molecule has 0 saturated carbocycles. The van der Waals surface area contributed by atoms with Crippen LogP contribution in [0.1, 0.15) is 24.6 Å². The molecular formula is C21H24N2O3. The van der Waals surface area contributed by atoms with Crippen molar-refractivity contribution in [2.45, 2.75) is 37.3 Å². The average Bonchev–Trinajstić information content (AvgIpc) is 2.98. The number of methoxy groups -OCH3 is 1. The molecule has 136 valence electrons. The van der Waals surface area contributed by atoms with Crippen LogP contribution in [0.25, 0.3) is 10.9 Å². The first-order valence-electron chi connectivity index (χ1n) is 9.41. The number of carbonyl (C=O) groups excluding carboxylic acids is 1. The highest BCUT2D eigenvalue weighted by Gasteiger charge is 2.59. The van der Waals surface area contributed by atoms with E-state index in [1.807, 2.05) is 6.07 Å². The van der Waals surface area contributed by atoms with Gasteiger partial charge in [-0.15, -0.1) is 0 Å². The van der Waals surface area contributed by atoms with Crippen molar-refractivity contribution < 1.29 is 14.3 Å². The Labute approximate surface area is 153 Å². The minimum atomic E-state index is -0.835. The van der Waals surface area contributed by atoms with Gasteiger partial charge < -0.3 is 14.5 Å². The third-order valence-electron chi connectivity index (χ3n) is 6.43. The lowest BCUT2D eigenvalue weighted by Gasteiger charge is -2.50. The third-order valence-corrected chi connectivity index (χ3v) is 6.43. The third kappa shape index (κ3) is 1.96. The smallest absolute Gasteiger partial charge is 0.322 e. The fraction of sp³-hybridized carbons (Fsp3) is 0.476. The Morgan fingerprint density at radius 3 is 3.04 bits per heavy atom. The van der Waals surface area contributed by atoms with Crippen LogP contribution in [0.15, 0.2) is 35.9 Å². The van der Waals surface area contributed by atoms with Crippen LogP contribution in [0.3, 0.4) is 0 Å². The van der Waals surface area contributed by atoms with E-state index in [9.17, 15) is 4.79 Å². The van der Waals surface area contributed by atoms with Crippen molar-refractivity contribution in [3.63, 3.8) is 0 Å². The van der Waals surface area contributed by atoms with E-state index in [4.69, 9.17) is 9.47 Å². The standard InChI is InChI=1S/C21H24N2O3/c1-13-14-7-5-10-23-11-9-16-15-6-3-4-8-17(15)22-18(16)21(12-26-13,19(14)23)20(24)25-2/h3-4,6-8,13,19,22H,5,9-12H2,1-2H3/t13-,19-,21-/m1/s1. The number of hydrogen-bond acceptors (Lipinski definition) is 4. The van der Waals surface area contributed by atoms with E-state index >= 15 is 0 Å². The molecule has 5 heteroatoms. The lowest BCUT2D eigenvalue weighted by atomic mass is 9.69. The number of H-pyrrole nitrogens is 1. The van der Waals surface area contributed by atoms with Crippen LogP contribution in [0, 0.1) is 0 Å². The van der Waals surface area contributed by atoms with Crippen LogP contribution in [-0.4, -0.2) is 54.8 Å². The van der Waals surface area contributed by atoms with Crippen molar-refractivity contribution in [2.75, 3.05) is 26.8 Å². The molecule has 0 amide bonds. The molecule has 0 bridgehead atoms. The summed E-state index contributed by atoms with van der Waals surface area (Å²) in [5.41, 5.74) is 3.68. The predicted octanol–water partition coefficient (Wildman–Crippen LogP) is 2.55. The van der Waals surface area contributed by atoms with Crippen LogP contribution >= 0.6 is 0 Å². The zero-order chi connectivity index (χ0) is 17.9. The average molecular weight is 352 g/mol. The summed E-state index contributed by atoms with van der Waals surface area (Å²) >= 11 is 0. The van der Waals surface area contributed by atoms with E-state index in [1.54, 1.807) is 0 Å². The molecule has 1 fully saturated rings. The quantitative estimate of drug-likeness (QED) is 0.633. The number of benzene rings is 1. The van der Waals surface area contributed by atoms with Gasteiger partial charge in [-0.25, -0.2) is 0 Å². The van der Waals surface area contributed by atoms with Gasteiger partial charge in [-0.2, -0.15) is 0 Å². The molecule has 1 aromatic carbocycles. The van der Waals surface area contributed by atoms with Crippen LogP contribution in [0.5, 0.6) is 0 Å². The molecule has 5 rings (SSSR count). The van der Waals surface area contributed by atoms with Gasteiger partial charge >= 0.3 is 5.97 Å². The molecule has 0 aliphatic carbocycles. The first-order valence-corrected chi connectivity index (χ1v) is 9.41. The predicted molar refractivity (Wildman–Crippen MR) is 99.2 cm³/mol. The van der Waals surface area contributed by atoms with E-state index in [0.29, 0.717) is 6.61 Å². The monoisotopic (exact) mass is 352 g/mol. The first-order chi connectivity index (χ1) is 12.7. The van der Waals surface area contributed by atoms with Crippen LogP contribution in [-0.2, 0) is 26.1 Å². The molecule has 0 spiro atoms. The SMILES string of the molecule is COC(=O)[C@]12CO[C@H](C)C3=CCCN(CCc4c1[nH]c1ccccc41)[C@H]32. The maximum atomic E-state index is 13.3. The summed E-state index contributed by atoms with van der Waals surface area (Å²) in [7, 11) is 1.49. The van der Waals surface area contributed by atoms with Crippen LogP contribution in [0.4, 0.5) is 0 Å². The van der Waals surface area contributed by atoms with Gasteiger partial charge in [0.05, 0.1) is 25.9 Å². The van der Waals surface area contributed by atoms with E-state index in [-0.39, 0.29) is 18.1 Å². The lowest BCUT2D eigenvalue weighted by molar-refractivity contribution is -0.158. The number of nitrogens with one attached hydrogen (secondary N) is 1. The summed E-state index contributed by atoms with van der Waals surface area (Å²) < 4.78 is 11.5. The molecule has 1 saturated heterocycles. The van der Waals surface area contributed by atoms with Gasteiger partial charge in [0.1, 0.15) is 0 Å². The minimum absolute atomic E-state index is 0.00163. The maximum absolute atomic E-state index is 13.3. The van der Waals surface area contributed by atoms with Gasteiger partial charge in [-0.3, -0.25) is 9.69 Å². The highest BCUT2D eigenvalue weighted by atomic mass is 16.5. The molecule has 2 aromatic rings. The number of rotatable bonds is 1. The van der Waals surface area contributed by atoms with Gasteiger partial charge in [0, 0.05) is 29.7 Å². The Morgan fingerprint density at radius 2 is 2.19 bits per heavy atom. The maximum Gasteiger partial charge on any atom is 0.322 e. The molecule has 3 aliphatic heterocycles. The number of aromatic nitrogens is 1. The minimum Gasteiger partial charge on any atom is -0.468 e. The Balaban J connectivity index is 1.82. The fourth-order valence-corrected chi connectivity index (χ4v) is 5.27. The highest BCUT2D eigenvalue weighted by molar-refractivity contribution is 5.92. The number of nitrogens with zero attached hydrogens (tertiary/aromatic N) is 1. The van der Waals surface area contributed by atoms with Crippen molar-refractivity contribution in [3.05, 3.63) is 47.2 Å². The van der Waals surface area contributed by atoms with Crippen LogP contribution in [0.2, 0.25) is 0 Å². The molecule has 4 heterocycles. The molecule has 0 radical (unpaired) electrons. The normalized spacial score (nSPS) is 30.9.